The van der Waals surface area contributed by atoms with Crippen LogP contribution in [-0.2, 0) is 16.2 Å². The highest BCUT2D eigenvalue weighted by Crippen LogP contribution is 2.28. The Morgan fingerprint density at radius 2 is 1.71 bits per heavy atom. The summed E-state index contributed by atoms with van der Waals surface area (Å²) >= 11 is 0. The molecule has 2 aliphatic rings. The molecule has 0 spiro atoms. The summed E-state index contributed by atoms with van der Waals surface area (Å²) in [5, 5.41) is 2.33. The number of hydrogen-bond donors (Lipinski definition) is 1. The molecule has 6 heteroatoms. The standard InChI is InChI=1S/C25H26N2O4/c1-17-11-13-18(14-12-17)16-31-22-10-6-5-7-19(22)15-21-23(28)26-25(30)27(24(21)29)20-8-3-2-4-9-20/h5-7,10-15,20H,2-4,8-9,16H2,1H3,(H,26,28,30). The van der Waals surface area contributed by atoms with Crippen molar-refractivity contribution in [1.29, 1.82) is 0 Å². The number of aryl methyl sites for hydroxylation is 1. The van der Waals surface area contributed by atoms with Gasteiger partial charge in [0.2, 0.25) is 0 Å². The third kappa shape index (κ3) is 4.68. The number of para-hydroxylation sites is 1. The van der Waals surface area contributed by atoms with Gasteiger partial charge in [0.15, 0.2) is 0 Å². The lowest BCUT2D eigenvalue weighted by Gasteiger charge is -2.35. The molecule has 1 heterocycles. The second-order valence-electron chi connectivity index (χ2n) is 8.10. The SMILES string of the molecule is Cc1ccc(COc2ccccc2C=C2C(=O)NC(=O)N(C3CCCCC3)C2=O)cc1. The molecule has 4 amide bonds. The van der Waals surface area contributed by atoms with Crippen LogP contribution in [0.1, 0.15) is 48.8 Å². The van der Waals surface area contributed by atoms with E-state index in [1.54, 1.807) is 12.1 Å². The summed E-state index contributed by atoms with van der Waals surface area (Å²) in [7, 11) is 0. The van der Waals surface area contributed by atoms with Crippen molar-refractivity contribution in [2.45, 2.75) is 51.7 Å². The number of benzene rings is 2. The van der Waals surface area contributed by atoms with Gasteiger partial charge in [0.25, 0.3) is 11.8 Å². The maximum absolute atomic E-state index is 13.1. The predicted octanol–water partition coefficient (Wildman–Crippen LogP) is 4.37. The smallest absolute Gasteiger partial charge is 0.331 e. The first-order valence-corrected chi connectivity index (χ1v) is 10.7. The lowest BCUT2D eigenvalue weighted by molar-refractivity contribution is -0.132. The fraction of sp³-hybridized carbons (Fsp3) is 0.320. The second-order valence-corrected chi connectivity index (χ2v) is 8.10. The molecule has 1 aliphatic carbocycles. The fourth-order valence-electron chi connectivity index (χ4n) is 4.07. The van der Waals surface area contributed by atoms with Crippen LogP contribution in [0.4, 0.5) is 4.79 Å². The van der Waals surface area contributed by atoms with Gasteiger partial charge in [0.05, 0.1) is 0 Å². The molecule has 4 rings (SSSR count). The van der Waals surface area contributed by atoms with Crippen molar-refractivity contribution in [2.24, 2.45) is 0 Å². The minimum atomic E-state index is -0.671. The van der Waals surface area contributed by atoms with Crippen molar-refractivity contribution in [3.63, 3.8) is 0 Å². The van der Waals surface area contributed by atoms with E-state index in [4.69, 9.17) is 4.74 Å². The molecule has 0 bridgehead atoms. The minimum absolute atomic E-state index is 0.0449. The van der Waals surface area contributed by atoms with Gasteiger partial charge in [-0.2, -0.15) is 0 Å². The Morgan fingerprint density at radius 3 is 2.45 bits per heavy atom. The van der Waals surface area contributed by atoms with Crippen LogP contribution in [0.3, 0.4) is 0 Å². The van der Waals surface area contributed by atoms with Gasteiger partial charge in [-0.25, -0.2) is 4.79 Å². The highest BCUT2D eigenvalue weighted by molar-refractivity contribution is 6.31. The number of urea groups is 1. The molecular weight excluding hydrogens is 392 g/mol. The third-order valence-corrected chi connectivity index (χ3v) is 5.81. The van der Waals surface area contributed by atoms with Crippen LogP contribution >= 0.6 is 0 Å². The third-order valence-electron chi connectivity index (χ3n) is 5.81. The number of amides is 4. The zero-order chi connectivity index (χ0) is 21.8. The van der Waals surface area contributed by atoms with Crippen LogP contribution in [-0.4, -0.2) is 28.8 Å². The van der Waals surface area contributed by atoms with Crippen molar-refractivity contribution in [1.82, 2.24) is 10.2 Å². The van der Waals surface area contributed by atoms with Crippen LogP contribution < -0.4 is 10.1 Å². The normalized spacial score (nSPS) is 18.9. The van der Waals surface area contributed by atoms with E-state index in [9.17, 15) is 14.4 Å². The van der Waals surface area contributed by atoms with Crippen LogP contribution in [0.25, 0.3) is 6.08 Å². The zero-order valence-electron chi connectivity index (χ0n) is 17.6. The maximum Gasteiger partial charge on any atom is 0.331 e. The molecule has 1 saturated heterocycles. The maximum atomic E-state index is 13.1. The average molecular weight is 418 g/mol. The number of nitrogens with zero attached hydrogens (tertiary/aromatic N) is 1. The van der Waals surface area contributed by atoms with Gasteiger partial charge in [-0.15, -0.1) is 0 Å². The molecule has 0 aromatic heterocycles. The molecule has 1 aliphatic heterocycles. The van der Waals surface area contributed by atoms with Gasteiger partial charge >= 0.3 is 6.03 Å². The van der Waals surface area contributed by atoms with Crippen LogP contribution in [0.5, 0.6) is 5.75 Å². The van der Waals surface area contributed by atoms with Crippen LogP contribution in [0.2, 0.25) is 0 Å². The van der Waals surface area contributed by atoms with E-state index in [2.05, 4.69) is 5.32 Å². The molecule has 0 unspecified atom stereocenters. The molecule has 6 nitrogen and oxygen atoms in total. The lowest BCUT2D eigenvalue weighted by atomic mass is 9.93. The number of barbiturate groups is 1. The summed E-state index contributed by atoms with van der Waals surface area (Å²) in [6.07, 6.45) is 6.13. The number of carbonyl (C=O) groups excluding carboxylic acids is 3. The van der Waals surface area contributed by atoms with E-state index in [-0.39, 0.29) is 11.6 Å². The molecule has 160 valence electrons. The molecule has 2 aromatic rings. The van der Waals surface area contributed by atoms with Crippen molar-refractivity contribution in [3.05, 3.63) is 70.8 Å². The highest BCUT2D eigenvalue weighted by atomic mass is 16.5. The topological polar surface area (TPSA) is 75.7 Å². The lowest BCUT2D eigenvalue weighted by Crippen LogP contribution is -2.58. The molecule has 0 radical (unpaired) electrons. The van der Waals surface area contributed by atoms with Gasteiger partial charge in [-0.1, -0.05) is 67.3 Å². The second kappa shape index (κ2) is 9.16. The molecule has 1 saturated carbocycles. The fourth-order valence-corrected chi connectivity index (χ4v) is 4.07. The summed E-state index contributed by atoms with van der Waals surface area (Å²) in [5.74, 6) is -0.637. The molecule has 1 N–H and O–H groups in total. The number of rotatable bonds is 5. The van der Waals surface area contributed by atoms with Crippen molar-refractivity contribution >= 4 is 23.9 Å². The van der Waals surface area contributed by atoms with Crippen molar-refractivity contribution in [3.8, 4) is 5.75 Å². The van der Waals surface area contributed by atoms with Crippen molar-refractivity contribution < 1.29 is 19.1 Å². The van der Waals surface area contributed by atoms with E-state index in [0.29, 0.717) is 17.9 Å². The van der Waals surface area contributed by atoms with Crippen LogP contribution in [0, 0.1) is 6.92 Å². The predicted molar refractivity (Wildman–Crippen MR) is 117 cm³/mol. The van der Waals surface area contributed by atoms with Crippen LogP contribution in [0.15, 0.2) is 54.1 Å². The summed E-state index contributed by atoms with van der Waals surface area (Å²) in [4.78, 5) is 39.2. The van der Waals surface area contributed by atoms with Crippen molar-refractivity contribution in [2.75, 3.05) is 0 Å². The van der Waals surface area contributed by atoms with E-state index < -0.39 is 17.8 Å². The molecule has 2 aromatic carbocycles. The molecular formula is C25H26N2O4. The summed E-state index contributed by atoms with van der Waals surface area (Å²) in [5.41, 5.74) is 2.77. The first-order valence-electron chi connectivity index (χ1n) is 10.7. The monoisotopic (exact) mass is 418 g/mol. The Kier molecular flexibility index (Phi) is 6.16. The Hall–Kier alpha value is -3.41. The molecule has 31 heavy (non-hydrogen) atoms. The van der Waals surface area contributed by atoms with E-state index >= 15 is 0 Å². The number of carbonyl (C=O) groups is 3. The Labute approximate surface area is 181 Å². The summed E-state index contributed by atoms with van der Waals surface area (Å²) in [6, 6.07) is 14.5. The van der Waals surface area contributed by atoms with Gasteiger partial charge in [-0.3, -0.25) is 19.8 Å². The van der Waals surface area contributed by atoms with Gasteiger partial charge < -0.3 is 4.74 Å². The zero-order valence-corrected chi connectivity index (χ0v) is 17.6. The van der Waals surface area contributed by atoms with E-state index in [1.807, 2.05) is 43.3 Å². The quantitative estimate of drug-likeness (QED) is 0.578. The number of nitrogens with one attached hydrogen (secondary N) is 1. The Balaban J connectivity index is 1.57. The Bertz CT molecular complexity index is 1020. The molecule has 2 fully saturated rings. The van der Waals surface area contributed by atoms with Gasteiger partial charge in [-0.05, 0) is 37.5 Å². The number of hydrogen-bond acceptors (Lipinski definition) is 4. The van der Waals surface area contributed by atoms with Gasteiger partial charge in [0, 0.05) is 11.6 Å². The molecule has 0 atom stereocenters. The largest absolute Gasteiger partial charge is 0.488 e. The Morgan fingerprint density at radius 1 is 1.00 bits per heavy atom. The summed E-state index contributed by atoms with van der Waals surface area (Å²) < 4.78 is 5.97. The van der Waals surface area contributed by atoms with E-state index in [0.717, 1.165) is 37.7 Å². The van der Waals surface area contributed by atoms with Gasteiger partial charge in [0.1, 0.15) is 17.9 Å². The average Bonchev–Trinajstić information content (AvgIpc) is 2.77. The first kappa shape index (κ1) is 20.8. The van der Waals surface area contributed by atoms with E-state index in [1.165, 1.54) is 16.5 Å². The summed E-state index contributed by atoms with van der Waals surface area (Å²) in [6.45, 7) is 2.40. The first-order chi connectivity index (χ1) is 15.0. The number of imide groups is 2. The highest BCUT2D eigenvalue weighted by Gasteiger charge is 2.40. The number of ether oxygens (including phenoxy) is 1. The minimum Gasteiger partial charge on any atom is -0.488 e.